The number of hydrogen-bond acceptors (Lipinski definition) is 8. The number of ether oxygens (including phenoxy) is 1. The van der Waals surface area contributed by atoms with Crippen molar-refractivity contribution < 1.29 is 32.3 Å². The predicted molar refractivity (Wildman–Crippen MR) is 168 cm³/mol. The van der Waals surface area contributed by atoms with Gasteiger partial charge in [0.15, 0.2) is 0 Å². The number of carbonyl (C=O) groups excluding carboxylic acids is 4. The molecular weight excluding hydrogens is 598 g/mol. The topological polar surface area (TPSA) is 163 Å². The molecule has 3 fully saturated rings. The molecule has 12 nitrogen and oxygen atoms in total. The van der Waals surface area contributed by atoms with Gasteiger partial charge in [0.1, 0.15) is 28.6 Å². The lowest BCUT2D eigenvalue weighted by Crippen LogP contribution is -2.58. The smallest absolute Gasteiger partial charge is 0.408 e. The van der Waals surface area contributed by atoms with E-state index in [0.717, 1.165) is 51.4 Å². The monoisotopic (exact) mass is 643 g/mol. The molecule has 1 aromatic carbocycles. The van der Waals surface area contributed by atoms with E-state index in [4.69, 9.17) is 4.74 Å². The number of rotatable bonds is 3. The lowest BCUT2D eigenvalue weighted by molar-refractivity contribution is -0.141. The van der Waals surface area contributed by atoms with Gasteiger partial charge >= 0.3 is 6.09 Å². The normalized spacial score (nSPS) is 29.8. The number of sulfonamides is 1. The molecule has 246 valence electrons. The highest BCUT2D eigenvalue weighted by atomic mass is 32.2. The summed E-state index contributed by atoms with van der Waals surface area (Å²) in [5, 5.41) is 8.76. The highest BCUT2D eigenvalue weighted by Crippen LogP contribution is 2.45. The first-order valence-electron chi connectivity index (χ1n) is 16.3. The van der Waals surface area contributed by atoms with Gasteiger partial charge in [-0.2, -0.15) is 0 Å². The van der Waals surface area contributed by atoms with Crippen molar-refractivity contribution in [3.63, 3.8) is 0 Å². The van der Waals surface area contributed by atoms with Crippen LogP contribution in [0.3, 0.4) is 0 Å². The standard InChI is InChI=1S/C32H45N5O7S/c1-2-22-21-32(22)30(40)36-45(42,43)27-18-10-9-15-24(27)33-19-11-5-3-4-6-16-25(34-31(41)44-23-13-7-8-14-23)29(39)37-20-12-17-26(37)28(38)35-32/h2,9-10,15,18,22-23,25-26,33H,1,3-8,11-14,16-17,19-21H2,(H,34,41)(H,35,38)(H,36,40)/t22-,25+,26+,32-/m1/s1. The third kappa shape index (κ3) is 7.62. The number of amides is 4. The minimum atomic E-state index is -4.28. The average molecular weight is 644 g/mol. The lowest BCUT2D eigenvalue weighted by atomic mass is 10.0. The second kappa shape index (κ2) is 14.2. The van der Waals surface area contributed by atoms with Gasteiger partial charge in [-0.15, -0.1) is 6.58 Å². The predicted octanol–water partition coefficient (Wildman–Crippen LogP) is 3.35. The summed E-state index contributed by atoms with van der Waals surface area (Å²) < 4.78 is 34.6. The minimum absolute atomic E-state index is 0.0531. The number of benzene rings is 1. The first kappa shape index (κ1) is 32.8. The van der Waals surface area contributed by atoms with E-state index in [9.17, 15) is 27.6 Å². The van der Waals surface area contributed by atoms with E-state index in [-0.39, 0.29) is 23.3 Å². The fourth-order valence-electron chi connectivity index (χ4n) is 6.77. The highest BCUT2D eigenvalue weighted by molar-refractivity contribution is 7.90. The van der Waals surface area contributed by atoms with Gasteiger partial charge < -0.3 is 25.6 Å². The molecule has 4 atom stereocenters. The third-order valence-electron chi connectivity index (χ3n) is 9.44. The van der Waals surface area contributed by atoms with Crippen LogP contribution in [0.4, 0.5) is 10.5 Å². The Kier molecular flexibility index (Phi) is 10.4. The molecule has 0 radical (unpaired) electrons. The SMILES string of the molecule is C=C[C@@H]1C[C@@]12NC(=O)[C@@H]1CCCN1C(=O)[C@@H](NC(=O)OC1CCCC1)CCCCCCCNc1ccccc1S(=O)(=O)NC2=O. The molecule has 2 aliphatic carbocycles. The van der Waals surface area contributed by atoms with E-state index >= 15 is 0 Å². The molecule has 2 saturated carbocycles. The van der Waals surface area contributed by atoms with E-state index in [1.165, 1.54) is 17.0 Å². The quantitative estimate of drug-likeness (QED) is 0.365. The summed E-state index contributed by atoms with van der Waals surface area (Å²) in [6.07, 6.45) is 10.0. The molecule has 5 rings (SSSR count). The first-order valence-corrected chi connectivity index (χ1v) is 17.8. The Morgan fingerprint density at radius 2 is 1.69 bits per heavy atom. The maximum absolute atomic E-state index is 13.9. The van der Waals surface area contributed by atoms with E-state index in [1.54, 1.807) is 18.2 Å². The van der Waals surface area contributed by atoms with Gasteiger partial charge in [-0.1, -0.05) is 43.9 Å². The maximum Gasteiger partial charge on any atom is 0.408 e. The summed E-state index contributed by atoms with van der Waals surface area (Å²) in [6.45, 7) is 4.63. The molecule has 1 spiro atoms. The zero-order valence-corrected chi connectivity index (χ0v) is 26.5. The summed E-state index contributed by atoms with van der Waals surface area (Å²) in [5.41, 5.74) is -1.12. The maximum atomic E-state index is 13.9. The highest BCUT2D eigenvalue weighted by Gasteiger charge is 2.61. The minimum Gasteiger partial charge on any atom is -0.446 e. The van der Waals surface area contributed by atoms with E-state index in [1.807, 2.05) is 0 Å². The van der Waals surface area contributed by atoms with Crippen LogP contribution < -0.4 is 20.7 Å². The van der Waals surface area contributed by atoms with Crippen LogP contribution in [0.2, 0.25) is 0 Å². The molecule has 1 saturated heterocycles. The number of alkyl carbamates (subject to hydrolysis) is 1. The van der Waals surface area contributed by atoms with Gasteiger partial charge in [0.05, 0.1) is 5.69 Å². The van der Waals surface area contributed by atoms with Crippen molar-refractivity contribution in [1.82, 2.24) is 20.3 Å². The van der Waals surface area contributed by atoms with E-state index < -0.39 is 51.5 Å². The molecular formula is C32H45N5O7S. The van der Waals surface area contributed by atoms with Crippen LogP contribution in [-0.2, 0) is 29.1 Å². The van der Waals surface area contributed by atoms with E-state index in [0.29, 0.717) is 44.5 Å². The molecule has 45 heavy (non-hydrogen) atoms. The van der Waals surface area contributed by atoms with Crippen molar-refractivity contribution in [2.75, 3.05) is 18.4 Å². The molecule has 0 aromatic heterocycles. The summed E-state index contributed by atoms with van der Waals surface area (Å²) >= 11 is 0. The number of anilines is 1. The third-order valence-corrected chi connectivity index (χ3v) is 10.8. The summed E-state index contributed by atoms with van der Waals surface area (Å²) in [6, 6.07) is 4.69. The Labute approximate surface area is 265 Å². The number of nitrogens with zero attached hydrogens (tertiary/aromatic N) is 1. The average Bonchev–Trinajstić information content (AvgIpc) is 3.31. The van der Waals surface area contributed by atoms with Crippen LogP contribution in [0.15, 0.2) is 41.8 Å². The zero-order valence-electron chi connectivity index (χ0n) is 25.7. The van der Waals surface area contributed by atoms with Crippen LogP contribution in [0, 0.1) is 5.92 Å². The van der Waals surface area contributed by atoms with Crippen LogP contribution in [0.1, 0.15) is 83.5 Å². The summed E-state index contributed by atoms with van der Waals surface area (Å²) in [7, 11) is -4.28. The van der Waals surface area contributed by atoms with Gasteiger partial charge in [0, 0.05) is 19.0 Å². The molecule has 1 aromatic rings. The number of fused-ring (bicyclic) bond motifs is 2. The molecule has 13 heteroatoms. The Balaban J connectivity index is 1.37. The fourth-order valence-corrected chi connectivity index (χ4v) is 8.00. The van der Waals surface area contributed by atoms with Crippen molar-refractivity contribution in [2.45, 2.75) is 112 Å². The van der Waals surface area contributed by atoms with Gasteiger partial charge in [0.2, 0.25) is 11.8 Å². The number of carbonyl (C=O) groups is 4. The van der Waals surface area contributed by atoms with Crippen LogP contribution in [0.5, 0.6) is 0 Å². The Morgan fingerprint density at radius 1 is 0.978 bits per heavy atom. The number of hydrogen-bond donors (Lipinski definition) is 4. The summed E-state index contributed by atoms with van der Waals surface area (Å²) in [4.78, 5) is 55.4. The largest absolute Gasteiger partial charge is 0.446 e. The Hall–Kier alpha value is -3.61. The van der Waals surface area contributed by atoms with Crippen LogP contribution in [0.25, 0.3) is 0 Å². The van der Waals surface area contributed by atoms with Gasteiger partial charge in [0.25, 0.3) is 15.9 Å². The molecule has 0 bridgehead atoms. The number of para-hydroxylation sites is 1. The van der Waals surface area contributed by atoms with Gasteiger partial charge in [-0.3, -0.25) is 14.4 Å². The number of nitrogens with one attached hydrogen (secondary N) is 4. The Morgan fingerprint density at radius 3 is 2.44 bits per heavy atom. The van der Waals surface area contributed by atoms with E-state index in [2.05, 4.69) is 27.3 Å². The molecule has 4 amide bonds. The summed E-state index contributed by atoms with van der Waals surface area (Å²) in [5.74, 6) is -2.23. The van der Waals surface area contributed by atoms with Crippen molar-refractivity contribution in [1.29, 1.82) is 0 Å². The second-order valence-corrected chi connectivity index (χ2v) is 14.3. The van der Waals surface area contributed by atoms with Crippen molar-refractivity contribution >= 4 is 39.5 Å². The molecule has 2 heterocycles. The second-order valence-electron chi connectivity index (χ2n) is 12.6. The lowest BCUT2D eigenvalue weighted by Gasteiger charge is -2.30. The molecule has 2 aliphatic heterocycles. The molecule has 4 aliphatic rings. The van der Waals surface area contributed by atoms with Gasteiger partial charge in [-0.25, -0.2) is 17.9 Å². The molecule has 0 unspecified atom stereocenters. The van der Waals surface area contributed by atoms with Crippen molar-refractivity contribution in [2.24, 2.45) is 5.92 Å². The van der Waals surface area contributed by atoms with Gasteiger partial charge in [-0.05, 0) is 69.9 Å². The van der Waals surface area contributed by atoms with Crippen LogP contribution >= 0.6 is 0 Å². The van der Waals surface area contributed by atoms with Crippen molar-refractivity contribution in [3.05, 3.63) is 36.9 Å². The van der Waals surface area contributed by atoms with Crippen LogP contribution in [-0.4, -0.2) is 73.9 Å². The van der Waals surface area contributed by atoms with Crippen molar-refractivity contribution in [3.8, 4) is 0 Å². The molecule has 4 N–H and O–H groups in total. The Bertz CT molecular complexity index is 1400. The first-order chi connectivity index (χ1) is 21.6. The zero-order chi connectivity index (χ0) is 32.0. The fraction of sp³-hybridized carbons (Fsp3) is 0.625.